The molecular formula is C18H18O4. The van der Waals surface area contributed by atoms with Crippen molar-refractivity contribution in [2.45, 2.75) is 24.9 Å². The molecule has 0 amide bonds. The summed E-state index contributed by atoms with van der Waals surface area (Å²) in [6, 6.07) is 17.0. The molecule has 2 rings (SSSR count). The summed E-state index contributed by atoms with van der Waals surface area (Å²) >= 11 is 0. The Morgan fingerprint density at radius 1 is 1.00 bits per heavy atom. The number of hydrogen-bond donors (Lipinski definition) is 2. The first-order valence-corrected chi connectivity index (χ1v) is 7.02. The molecule has 0 bridgehead atoms. The van der Waals surface area contributed by atoms with E-state index in [0.29, 0.717) is 5.56 Å². The van der Waals surface area contributed by atoms with Crippen molar-refractivity contribution in [1.82, 2.24) is 0 Å². The quantitative estimate of drug-likeness (QED) is 0.860. The van der Waals surface area contributed by atoms with Gasteiger partial charge < -0.3 is 15.0 Å². The molecule has 22 heavy (non-hydrogen) atoms. The molecule has 0 radical (unpaired) electrons. The minimum Gasteiger partial charge on any atom is -0.479 e. The van der Waals surface area contributed by atoms with Crippen molar-refractivity contribution in [3.8, 4) is 0 Å². The zero-order valence-electron chi connectivity index (χ0n) is 12.3. The van der Waals surface area contributed by atoms with Gasteiger partial charge in [-0.2, -0.15) is 0 Å². The standard InChI is InChI=1S/C18H18O4/c1-13(19)12-16(14-8-4-2-5-9-14)18(22,17(20)21)15-10-6-3-7-11-15/h2-11,16,22H,12H2,1H3,(H,20,21)/t16-,18+/m0/s1. The van der Waals surface area contributed by atoms with Crippen LogP contribution in [0.15, 0.2) is 60.7 Å². The van der Waals surface area contributed by atoms with Gasteiger partial charge in [0.2, 0.25) is 0 Å². The number of aliphatic carboxylic acids is 1. The fraction of sp³-hybridized carbons (Fsp3) is 0.222. The van der Waals surface area contributed by atoms with Crippen LogP contribution >= 0.6 is 0 Å². The van der Waals surface area contributed by atoms with Crippen molar-refractivity contribution in [3.05, 3.63) is 71.8 Å². The molecule has 2 N–H and O–H groups in total. The summed E-state index contributed by atoms with van der Waals surface area (Å²) in [7, 11) is 0. The van der Waals surface area contributed by atoms with Crippen molar-refractivity contribution in [2.75, 3.05) is 0 Å². The van der Waals surface area contributed by atoms with E-state index in [1.54, 1.807) is 60.7 Å². The molecule has 0 saturated heterocycles. The van der Waals surface area contributed by atoms with Gasteiger partial charge in [-0.3, -0.25) is 0 Å². The van der Waals surface area contributed by atoms with Gasteiger partial charge in [0.25, 0.3) is 0 Å². The Kier molecular flexibility index (Phi) is 4.73. The van der Waals surface area contributed by atoms with E-state index < -0.39 is 17.5 Å². The van der Waals surface area contributed by atoms with Crippen molar-refractivity contribution < 1.29 is 19.8 Å². The van der Waals surface area contributed by atoms with Gasteiger partial charge in [0.15, 0.2) is 5.60 Å². The van der Waals surface area contributed by atoms with E-state index in [4.69, 9.17) is 0 Å². The van der Waals surface area contributed by atoms with E-state index in [-0.39, 0.29) is 17.8 Å². The summed E-state index contributed by atoms with van der Waals surface area (Å²) in [5.74, 6) is -2.40. The second-order valence-electron chi connectivity index (χ2n) is 5.31. The van der Waals surface area contributed by atoms with Crippen LogP contribution in [-0.4, -0.2) is 22.0 Å². The van der Waals surface area contributed by atoms with E-state index in [1.165, 1.54) is 6.92 Å². The highest BCUT2D eigenvalue weighted by atomic mass is 16.4. The minimum atomic E-state index is -2.16. The van der Waals surface area contributed by atoms with E-state index in [1.807, 2.05) is 0 Å². The summed E-state index contributed by atoms with van der Waals surface area (Å²) in [5, 5.41) is 20.6. The minimum absolute atomic E-state index is 0.0539. The first-order chi connectivity index (χ1) is 10.5. The van der Waals surface area contributed by atoms with Gasteiger partial charge in [0.05, 0.1) is 0 Å². The van der Waals surface area contributed by atoms with Crippen LogP contribution in [-0.2, 0) is 15.2 Å². The number of ketones is 1. The normalized spacial score (nSPS) is 14.8. The van der Waals surface area contributed by atoms with Gasteiger partial charge in [0.1, 0.15) is 5.78 Å². The van der Waals surface area contributed by atoms with Crippen LogP contribution in [0.4, 0.5) is 0 Å². The molecule has 0 aliphatic rings. The second-order valence-corrected chi connectivity index (χ2v) is 5.31. The molecule has 4 nitrogen and oxygen atoms in total. The SMILES string of the molecule is CC(=O)C[C@@H](c1ccccc1)[C@@](O)(C(=O)O)c1ccccc1. The van der Waals surface area contributed by atoms with E-state index >= 15 is 0 Å². The second kappa shape index (κ2) is 6.54. The molecule has 2 aromatic carbocycles. The molecular weight excluding hydrogens is 280 g/mol. The number of carboxylic acid groups (broad SMARTS) is 1. The van der Waals surface area contributed by atoms with Crippen LogP contribution in [0.3, 0.4) is 0 Å². The van der Waals surface area contributed by atoms with Crippen LogP contribution in [0.5, 0.6) is 0 Å². The Balaban J connectivity index is 2.59. The predicted molar refractivity (Wildman–Crippen MR) is 82.5 cm³/mol. The number of carbonyl (C=O) groups excluding carboxylic acids is 1. The Morgan fingerprint density at radius 3 is 1.95 bits per heavy atom. The fourth-order valence-electron chi connectivity index (χ4n) is 2.65. The number of benzene rings is 2. The van der Waals surface area contributed by atoms with Gasteiger partial charge in [0, 0.05) is 12.3 Å². The molecule has 2 aromatic rings. The average Bonchev–Trinajstić information content (AvgIpc) is 2.53. The summed E-state index contributed by atoms with van der Waals surface area (Å²) in [4.78, 5) is 23.5. The van der Waals surface area contributed by atoms with Gasteiger partial charge in [-0.15, -0.1) is 0 Å². The Morgan fingerprint density at radius 2 is 1.50 bits per heavy atom. The van der Waals surface area contributed by atoms with Crippen LogP contribution < -0.4 is 0 Å². The van der Waals surface area contributed by atoms with Crippen LogP contribution in [0, 0.1) is 0 Å². The van der Waals surface area contributed by atoms with Crippen LogP contribution in [0.1, 0.15) is 30.4 Å². The number of rotatable bonds is 6. The van der Waals surface area contributed by atoms with E-state index in [2.05, 4.69) is 0 Å². The zero-order valence-corrected chi connectivity index (χ0v) is 12.3. The monoisotopic (exact) mass is 298 g/mol. The summed E-state index contributed by atoms with van der Waals surface area (Å²) in [5.41, 5.74) is -1.28. The topological polar surface area (TPSA) is 74.6 Å². The molecule has 0 aromatic heterocycles. The van der Waals surface area contributed by atoms with Gasteiger partial charge in [-0.05, 0) is 18.1 Å². The third-order valence-electron chi connectivity index (χ3n) is 3.74. The summed E-state index contributed by atoms with van der Waals surface area (Å²) < 4.78 is 0. The molecule has 0 spiro atoms. The van der Waals surface area contributed by atoms with Crippen molar-refractivity contribution in [1.29, 1.82) is 0 Å². The molecule has 0 fully saturated rings. The van der Waals surface area contributed by atoms with Crippen molar-refractivity contribution in [2.24, 2.45) is 0 Å². The average molecular weight is 298 g/mol. The van der Waals surface area contributed by atoms with Crippen LogP contribution in [0.25, 0.3) is 0 Å². The first-order valence-electron chi connectivity index (χ1n) is 7.02. The third-order valence-corrected chi connectivity index (χ3v) is 3.74. The maximum absolute atomic E-state index is 11.9. The first kappa shape index (κ1) is 15.9. The Hall–Kier alpha value is -2.46. The molecule has 0 saturated carbocycles. The molecule has 0 aliphatic carbocycles. The number of Topliss-reactive ketones (excluding diaryl/α,β-unsaturated/α-hetero) is 1. The van der Waals surface area contributed by atoms with E-state index in [9.17, 15) is 19.8 Å². The Bertz CT molecular complexity index is 651. The highest BCUT2D eigenvalue weighted by Gasteiger charge is 2.46. The fourth-order valence-corrected chi connectivity index (χ4v) is 2.65. The molecule has 0 heterocycles. The van der Waals surface area contributed by atoms with Crippen molar-refractivity contribution >= 4 is 11.8 Å². The number of carbonyl (C=O) groups is 2. The van der Waals surface area contributed by atoms with Gasteiger partial charge in [-0.1, -0.05) is 60.7 Å². The highest BCUT2D eigenvalue weighted by molar-refractivity contribution is 5.84. The number of carboxylic acids is 1. The molecule has 0 aliphatic heterocycles. The lowest BCUT2D eigenvalue weighted by Crippen LogP contribution is -2.42. The molecule has 2 atom stereocenters. The molecule has 4 heteroatoms. The number of aliphatic hydroxyl groups is 1. The van der Waals surface area contributed by atoms with Gasteiger partial charge in [-0.25, -0.2) is 4.79 Å². The zero-order chi connectivity index (χ0) is 16.2. The van der Waals surface area contributed by atoms with Crippen LogP contribution in [0.2, 0.25) is 0 Å². The summed E-state index contributed by atoms with van der Waals surface area (Å²) in [6.45, 7) is 1.39. The smallest absolute Gasteiger partial charge is 0.341 e. The predicted octanol–water partition coefficient (Wildman–Crippen LogP) is 2.72. The third kappa shape index (κ3) is 3.07. The molecule has 0 unspecified atom stereocenters. The maximum Gasteiger partial charge on any atom is 0.341 e. The largest absolute Gasteiger partial charge is 0.479 e. The number of hydrogen-bond acceptors (Lipinski definition) is 3. The van der Waals surface area contributed by atoms with Gasteiger partial charge >= 0.3 is 5.97 Å². The maximum atomic E-state index is 11.9. The Labute approximate surface area is 129 Å². The summed E-state index contributed by atoms with van der Waals surface area (Å²) in [6.07, 6.45) is -0.0539. The lowest BCUT2D eigenvalue weighted by Gasteiger charge is -2.33. The van der Waals surface area contributed by atoms with E-state index in [0.717, 1.165) is 0 Å². The lowest BCUT2D eigenvalue weighted by atomic mass is 9.75. The lowest BCUT2D eigenvalue weighted by molar-refractivity contribution is -0.163. The highest BCUT2D eigenvalue weighted by Crippen LogP contribution is 2.39. The van der Waals surface area contributed by atoms with Crippen molar-refractivity contribution in [3.63, 3.8) is 0 Å². The molecule has 114 valence electrons.